The lowest BCUT2D eigenvalue weighted by Gasteiger charge is -2.27. The Bertz CT molecular complexity index is 592. The van der Waals surface area contributed by atoms with Crippen molar-refractivity contribution in [3.05, 3.63) is 24.3 Å². The monoisotopic (exact) mass is 331 g/mol. The van der Waals surface area contributed by atoms with Crippen LogP contribution >= 0.6 is 0 Å². The molecule has 1 aromatic rings. The molecule has 0 bridgehead atoms. The summed E-state index contributed by atoms with van der Waals surface area (Å²) < 4.78 is 0. The Morgan fingerprint density at radius 1 is 1.00 bits per heavy atom. The van der Waals surface area contributed by atoms with Gasteiger partial charge in [-0.1, -0.05) is 12.8 Å². The smallest absolute Gasteiger partial charge is 0.226 e. The second-order valence-corrected chi connectivity index (χ2v) is 6.21. The summed E-state index contributed by atoms with van der Waals surface area (Å²) >= 11 is 0. The van der Waals surface area contributed by atoms with Crippen molar-refractivity contribution in [1.29, 1.82) is 0 Å². The first-order valence-corrected chi connectivity index (χ1v) is 8.40. The first-order valence-electron chi connectivity index (χ1n) is 8.40. The first kappa shape index (κ1) is 18.0. The quantitative estimate of drug-likeness (QED) is 0.841. The zero-order valence-electron chi connectivity index (χ0n) is 14.3. The first-order chi connectivity index (χ1) is 11.5. The van der Waals surface area contributed by atoms with E-state index < -0.39 is 0 Å². The average molecular weight is 331 g/mol. The molecular weight excluding hydrogens is 306 g/mol. The fraction of sp³-hybridized carbons (Fsp3) is 0.500. The zero-order valence-corrected chi connectivity index (χ0v) is 14.3. The van der Waals surface area contributed by atoms with Crippen molar-refractivity contribution in [2.75, 3.05) is 17.2 Å². The fourth-order valence-electron chi connectivity index (χ4n) is 3.10. The molecule has 1 saturated carbocycles. The molecule has 0 aromatic heterocycles. The topological polar surface area (TPSA) is 78.5 Å². The second kappa shape index (κ2) is 8.47. The molecule has 3 amide bonds. The molecule has 0 atom stereocenters. The van der Waals surface area contributed by atoms with E-state index in [0.717, 1.165) is 25.7 Å². The molecule has 130 valence electrons. The number of carbonyl (C=O) groups excluding carboxylic acids is 3. The van der Waals surface area contributed by atoms with E-state index in [1.165, 1.54) is 6.92 Å². The van der Waals surface area contributed by atoms with Gasteiger partial charge in [0, 0.05) is 44.2 Å². The molecule has 0 saturated heterocycles. The Kier molecular flexibility index (Phi) is 6.35. The summed E-state index contributed by atoms with van der Waals surface area (Å²) in [6.45, 7) is 3.47. The van der Waals surface area contributed by atoms with Gasteiger partial charge in [-0.25, -0.2) is 0 Å². The third-order valence-corrected chi connectivity index (χ3v) is 4.24. The molecule has 0 aliphatic heterocycles. The molecule has 0 heterocycles. The highest BCUT2D eigenvalue weighted by Gasteiger charge is 2.24. The Labute approximate surface area is 142 Å². The van der Waals surface area contributed by atoms with Gasteiger partial charge in [0.05, 0.1) is 0 Å². The molecule has 1 aliphatic carbocycles. The van der Waals surface area contributed by atoms with Crippen LogP contribution in [0.2, 0.25) is 0 Å². The van der Waals surface area contributed by atoms with Crippen molar-refractivity contribution in [3.63, 3.8) is 0 Å². The number of nitrogens with one attached hydrogen (secondary N) is 2. The molecule has 1 aromatic carbocycles. The maximum absolute atomic E-state index is 12.1. The lowest BCUT2D eigenvalue weighted by molar-refractivity contribution is -0.131. The molecule has 0 spiro atoms. The Hall–Kier alpha value is -2.37. The van der Waals surface area contributed by atoms with Crippen LogP contribution in [0.4, 0.5) is 11.4 Å². The number of nitrogens with zero attached hydrogens (tertiary/aromatic N) is 1. The summed E-state index contributed by atoms with van der Waals surface area (Å²) in [5, 5.41) is 5.49. The Balaban J connectivity index is 1.83. The third-order valence-electron chi connectivity index (χ3n) is 4.24. The van der Waals surface area contributed by atoms with Crippen LogP contribution in [0.3, 0.4) is 0 Å². The average Bonchev–Trinajstić information content (AvgIpc) is 3.02. The van der Waals surface area contributed by atoms with Crippen LogP contribution in [0.1, 0.15) is 46.0 Å². The van der Waals surface area contributed by atoms with E-state index in [1.807, 2.05) is 4.90 Å². The molecule has 6 heteroatoms. The van der Waals surface area contributed by atoms with Gasteiger partial charge in [0.1, 0.15) is 0 Å². The van der Waals surface area contributed by atoms with Gasteiger partial charge in [-0.05, 0) is 37.1 Å². The van der Waals surface area contributed by atoms with Gasteiger partial charge in [-0.2, -0.15) is 0 Å². The SMILES string of the molecule is CC(=O)Nc1ccc(NC(=O)CCN(C(C)=O)C2CCCC2)cc1. The Morgan fingerprint density at radius 3 is 2.04 bits per heavy atom. The number of hydrogen-bond donors (Lipinski definition) is 2. The minimum atomic E-state index is -0.136. The maximum atomic E-state index is 12.1. The van der Waals surface area contributed by atoms with Gasteiger partial charge in [-0.15, -0.1) is 0 Å². The lowest BCUT2D eigenvalue weighted by atomic mass is 10.2. The van der Waals surface area contributed by atoms with Gasteiger partial charge in [0.2, 0.25) is 17.7 Å². The van der Waals surface area contributed by atoms with Crippen LogP contribution in [0.25, 0.3) is 0 Å². The normalized spacial score (nSPS) is 14.2. The van der Waals surface area contributed by atoms with Crippen molar-refractivity contribution >= 4 is 29.1 Å². The number of carbonyl (C=O) groups is 3. The van der Waals surface area contributed by atoms with E-state index in [9.17, 15) is 14.4 Å². The predicted molar refractivity (Wildman–Crippen MR) is 93.6 cm³/mol. The van der Waals surface area contributed by atoms with Crippen LogP contribution in [0, 0.1) is 0 Å². The van der Waals surface area contributed by atoms with E-state index in [4.69, 9.17) is 0 Å². The molecule has 1 aliphatic rings. The highest BCUT2D eigenvalue weighted by Crippen LogP contribution is 2.23. The van der Waals surface area contributed by atoms with Crippen molar-refractivity contribution in [1.82, 2.24) is 4.90 Å². The van der Waals surface area contributed by atoms with E-state index in [0.29, 0.717) is 17.9 Å². The van der Waals surface area contributed by atoms with Crippen molar-refractivity contribution in [2.45, 2.75) is 52.0 Å². The summed E-state index contributed by atoms with van der Waals surface area (Å²) in [4.78, 5) is 36.7. The number of amides is 3. The summed E-state index contributed by atoms with van der Waals surface area (Å²) in [5.74, 6) is -0.219. The molecule has 0 unspecified atom stereocenters. The van der Waals surface area contributed by atoms with Crippen molar-refractivity contribution < 1.29 is 14.4 Å². The molecule has 24 heavy (non-hydrogen) atoms. The zero-order chi connectivity index (χ0) is 17.5. The predicted octanol–water partition coefficient (Wildman–Crippen LogP) is 2.76. The standard InChI is InChI=1S/C18H25N3O3/c1-13(22)19-15-7-9-16(10-8-15)20-18(24)11-12-21(14(2)23)17-5-3-4-6-17/h7-10,17H,3-6,11-12H2,1-2H3,(H,19,22)(H,20,24). The van der Waals surface area contributed by atoms with Gasteiger partial charge in [0.25, 0.3) is 0 Å². The second-order valence-electron chi connectivity index (χ2n) is 6.21. The number of rotatable bonds is 6. The minimum absolute atomic E-state index is 0.0364. The van der Waals surface area contributed by atoms with E-state index in [2.05, 4.69) is 10.6 Å². The summed E-state index contributed by atoms with van der Waals surface area (Å²) in [7, 11) is 0. The summed E-state index contributed by atoms with van der Waals surface area (Å²) in [6.07, 6.45) is 4.66. The molecule has 2 rings (SSSR count). The van der Waals surface area contributed by atoms with Gasteiger partial charge < -0.3 is 15.5 Å². The molecule has 2 N–H and O–H groups in total. The lowest BCUT2D eigenvalue weighted by Crippen LogP contribution is -2.39. The van der Waals surface area contributed by atoms with Crippen LogP contribution < -0.4 is 10.6 Å². The van der Waals surface area contributed by atoms with Gasteiger partial charge in [0.15, 0.2) is 0 Å². The van der Waals surface area contributed by atoms with Crippen LogP contribution in [0.5, 0.6) is 0 Å². The van der Waals surface area contributed by atoms with Crippen LogP contribution in [-0.4, -0.2) is 35.2 Å². The number of benzene rings is 1. The van der Waals surface area contributed by atoms with E-state index >= 15 is 0 Å². The highest BCUT2D eigenvalue weighted by atomic mass is 16.2. The third kappa shape index (κ3) is 5.37. The highest BCUT2D eigenvalue weighted by molar-refractivity contribution is 5.92. The summed E-state index contributed by atoms with van der Waals surface area (Å²) in [6, 6.07) is 7.23. The van der Waals surface area contributed by atoms with E-state index in [1.54, 1.807) is 31.2 Å². The number of anilines is 2. The van der Waals surface area contributed by atoms with Crippen LogP contribution in [0.15, 0.2) is 24.3 Å². The molecule has 6 nitrogen and oxygen atoms in total. The van der Waals surface area contributed by atoms with Gasteiger partial charge in [-0.3, -0.25) is 14.4 Å². The molecule has 0 radical (unpaired) electrons. The fourth-order valence-corrected chi connectivity index (χ4v) is 3.10. The maximum Gasteiger partial charge on any atom is 0.226 e. The summed E-state index contributed by atoms with van der Waals surface area (Å²) in [5.41, 5.74) is 1.36. The van der Waals surface area contributed by atoms with Gasteiger partial charge >= 0.3 is 0 Å². The van der Waals surface area contributed by atoms with Crippen molar-refractivity contribution in [2.24, 2.45) is 0 Å². The van der Waals surface area contributed by atoms with Crippen molar-refractivity contribution in [3.8, 4) is 0 Å². The van der Waals surface area contributed by atoms with Crippen LogP contribution in [-0.2, 0) is 14.4 Å². The molecule has 1 fully saturated rings. The Morgan fingerprint density at radius 2 is 1.54 bits per heavy atom. The minimum Gasteiger partial charge on any atom is -0.339 e. The number of hydrogen-bond acceptors (Lipinski definition) is 3. The molecular formula is C18H25N3O3. The van der Waals surface area contributed by atoms with E-state index in [-0.39, 0.29) is 30.2 Å². The largest absolute Gasteiger partial charge is 0.339 e.